The zero-order valence-corrected chi connectivity index (χ0v) is 20.8. The molecule has 4 fully saturated rings. The van der Waals surface area contributed by atoms with Crippen molar-refractivity contribution >= 4 is 0 Å². The van der Waals surface area contributed by atoms with Crippen LogP contribution in [0.4, 0.5) is 13.2 Å². The van der Waals surface area contributed by atoms with E-state index in [1.54, 1.807) is 0 Å². The lowest BCUT2D eigenvalue weighted by molar-refractivity contribution is -0.208. The highest BCUT2D eigenvalue weighted by Gasteiger charge is 2.64. The molecule has 4 rings (SSSR count). The quantitative estimate of drug-likeness (QED) is 0.461. The Morgan fingerprint density at radius 3 is 2.18 bits per heavy atom. The van der Waals surface area contributed by atoms with Crippen LogP contribution < -0.4 is 0 Å². The number of rotatable bonds is 5. The topological polar surface area (TPSA) is 60.7 Å². The monoisotopic (exact) mass is 474 g/mol. The molecule has 0 amide bonds. The fraction of sp³-hybridized carbons (Fsp3) is 1.00. The van der Waals surface area contributed by atoms with Crippen LogP contribution in [0.3, 0.4) is 0 Å². The number of halogens is 3. The molecule has 0 aromatic carbocycles. The second kappa shape index (κ2) is 8.96. The summed E-state index contributed by atoms with van der Waals surface area (Å²) in [5.41, 5.74) is 0.200. The lowest BCUT2D eigenvalue weighted by atomic mass is 9.41. The smallest absolute Gasteiger partial charge is 0.393 e. The van der Waals surface area contributed by atoms with Crippen molar-refractivity contribution in [1.29, 1.82) is 0 Å². The molecule has 0 aliphatic heterocycles. The molecule has 0 aromatic rings. The average molecular weight is 475 g/mol. The molecule has 0 heterocycles. The van der Waals surface area contributed by atoms with Crippen LogP contribution in [-0.2, 0) is 0 Å². The number of hydrogen-bond acceptors (Lipinski definition) is 3. The van der Waals surface area contributed by atoms with Crippen LogP contribution in [0.25, 0.3) is 0 Å². The van der Waals surface area contributed by atoms with E-state index in [1.807, 2.05) is 0 Å². The zero-order valence-electron chi connectivity index (χ0n) is 20.8. The van der Waals surface area contributed by atoms with Crippen molar-refractivity contribution in [3.05, 3.63) is 0 Å². The predicted octanol–water partition coefficient (Wildman–Crippen LogP) is 5.95. The van der Waals surface area contributed by atoms with Gasteiger partial charge in [-0.05, 0) is 110 Å². The minimum absolute atomic E-state index is 0.0421. The Morgan fingerprint density at radius 1 is 0.909 bits per heavy atom. The molecule has 0 aromatic heterocycles. The molecule has 4 saturated carbocycles. The normalized spacial score (nSPS) is 49.6. The lowest BCUT2D eigenvalue weighted by Gasteiger charge is -2.64. The summed E-state index contributed by atoms with van der Waals surface area (Å²) in [5.74, 6) is 2.18. The van der Waals surface area contributed by atoms with Gasteiger partial charge in [0.25, 0.3) is 0 Å². The maximum atomic E-state index is 12.8. The van der Waals surface area contributed by atoms with Gasteiger partial charge in [-0.15, -0.1) is 0 Å². The van der Waals surface area contributed by atoms with Gasteiger partial charge in [-0.3, -0.25) is 0 Å². The molecule has 0 saturated heterocycles. The van der Waals surface area contributed by atoms with E-state index in [1.165, 1.54) is 0 Å². The van der Waals surface area contributed by atoms with E-state index in [-0.39, 0.29) is 47.2 Å². The largest absolute Gasteiger partial charge is 0.414 e. The summed E-state index contributed by atoms with van der Waals surface area (Å²) in [6, 6.07) is 0. The van der Waals surface area contributed by atoms with Crippen molar-refractivity contribution in [3.63, 3.8) is 0 Å². The third-order valence-corrected chi connectivity index (χ3v) is 11.4. The Bertz CT molecular complexity index is 699. The van der Waals surface area contributed by atoms with Crippen molar-refractivity contribution in [1.82, 2.24) is 0 Å². The summed E-state index contributed by atoms with van der Waals surface area (Å²) in [6.07, 6.45) is 0.602. The molecule has 0 spiro atoms. The van der Waals surface area contributed by atoms with Crippen molar-refractivity contribution in [2.75, 3.05) is 0 Å². The summed E-state index contributed by atoms with van der Waals surface area (Å²) < 4.78 is 38.5. The highest BCUT2D eigenvalue weighted by Crippen LogP contribution is 2.69. The molecule has 3 N–H and O–H groups in total. The summed E-state index contributed by atoms with van der Waals surface area (Å²) >= 11 is 0. The van der Waals surface area contributed by atoms with E-state index in [0.717, 1.165) is 51.4 Å². The molecule has 0 unspecified atom stereocenters. The van der Waals surface area contributed by atoms with Crippen molar-refractivity contribution < 1.29 is 28.5 Å². The van der Waals surface area contributed by atoms with Crippen LogP contribution in [0.5, 0.6) is 0 Å². The van der Waals surface area contributed by atoms with E-state index < -0.39 is 12.3 Å². The molecule has 33 heavy (non-hydrogen) atoms. The highest BCUT2D eigenvalue weighted by atomic mass is 19.4. The molecule has 4 aliphatic carbocycles. The minimum atomic E-state index is -4.54. The molecule has 4 aliphatic rings. The van der Waals surface area contributed by atoms with Crippen molar-refractivity contribution in [3.8, 4) is 0 Å². The van der Waals surface area contributed by atoms with Crippen LogP contribution >= 0.6 is 0 Å². The first-order valence-electron chi connectivity index (χ1n) is 13.5. The van der Waals surface area contributed by atoms with Gasteiger partial charge in [0.05, 0.1) is 12.2 Å². The van der Waals surface area contributed by atoms with Crippen LogP contribution in [0.1, 0.15) is 91.9 Å². The number of fused-ring (bicyclic) bond motifs is 5. The Morgan fingerprint density at radius 2 is 1.55 bits per heavy atom. The minimum Gasteiger partial charge on any atom is -0.393 e. The van der Waals surface area contributed by atoms with Gasteiger partial charge >= 0.3 is 6.18 Å². The van der Waals surface area contributed by atoms with Gasteiger partial charge in [-0.2, -0.15) is 13.2 Å². The zero-order chi connectivity index (χ0) is 24.3. The first kappa shape index (κ1) is 25.8. The second-order valence-corrected chi connectivity index (χ2v) is 12.7. The predicted molar refractivity (Wildman–Crippen MR) is 122 cm³/mol. The third kappa shape index (κ3) is 4.18. The van der Waals surface area contributed by atoms with Gasteiger partial charge < -0.3 is 15.3 Å². The molecule has 6 heteroatoms. The fourth-order valence-electron chi connectivity index (χ4n) is 9.72. The van der Waals surface area contributed by atoms with E-state index in [0.29, 0.717) is 30.1 Å². The van der Waals surface area contributed by atoms with Crippen molar-refractivity contribution in [2.24, 2.45) is 52.3 Å². The van der Waals surface area contributed by atoms with E-state index in [2.05, 4.69) is 27.7 Å². The average Bonchev–Trinajstić information content (AvgIpc) is 3.10. The number of alkyl halides is 3. The summed E-state index contributed by atoms with van der Waals surface area (Å²) in [4.78, 5) is 0. The third-order valence-electron chi connectivity index (χ3n) is 11.4. The van der Waals surface area contributed by atoms with Gasteiger partial charge in [-0.25, -0.2) is 0 Å². The van der Waals surface area contributed by atoms with Crippen LogP contribution in [0.2, 0.25) is 0 Å². The number of aliphatic hydroxyl groups excluding tert-OH is 3. The summed E-state index contributed by atoms with van der Waals surface area (Å²) in [6.45, 7) is 9.00. The Hall–Kier alpha value is -0.330. The van der Waals surface area contributed by atoms with Gasteiger partial charge in [0.2, 0.25) is 0 Å². The van der Waals surface area contributed by atoms with Crippen LogP contribution in [0, 0.1) is 52.3 Å². The SMILES string of the molecule is CC[C@H]1[C@@H](O)[C@@H]2[C@H](CC[C@]3(C)[C@@H]([C@H](C)CC[C@H](O)C(F)(F)F)CC[C@@H]23)[C@@]2(C)CC[C@@H](O)C[C@@H]12. The number of aliphatic hydroxyl groups is 3. The maximum Gasteiger partial charge on any atom is 0.414 e. The van der Waals surface area contributed by atoms with Gasteiger partial charge in [0.1, 0.15) is 6.10 Å². The first-order valence-corrected chi connectivity index (χ1v) is 13.5. The standard InChI is InChI=1S/C27H45F3O3/c1-5-17-21-14-16(31)10-12-26(21,4)20-11-13-25(3)18(7-8-19(25)23(20)24(17)33)15(2)6-9-22(32)27(28,29)30/h15-24,31-33H,5-14H2,1-4H3/t15-,16-,17-,18-,19+,20+,21+,22+,23+,24-,25-,26-/m1/s1. The molecular formula is C27H45F3O3. The maximum absolute atomic E-state index is 12.8. The van der Waals surface area contributed by atoms with E-state index in [4.69, 9.17) is 0 Å². The molecule has 3 nitrogen and oxygen atoms in total. The van der Waals surface area contributed by atoms with E-state index in [9.17, 15) is 28.5 Å². The van der Waals surface area contributed by atoms with Gasteiger partial charge in [0.15, 0.2) is 0 Å². The Kier molecular flexibility index (Phi) is 6.99. The molecule has 12 atom stereocenters. The van der Waals surface area contributed by atoms with Gasteiger partial charge in [0, 0.05) is 0 Å². The summed E-state index contributed by atoms with van der Waals surface area (Å²) in [5, 5.41) is 31.6. The molecule has 0 bridgehead atoms. The molecule has 192 valence electrons. The molecule has 0 radical (unpaired) electrons. The molecular weight excluding hydrogens is 429 g/mol. The lowest BCUT2D eigenvalue weighted by Crippen LogP contribution is -2.62. The first-order chi connectivity index (χ1) is 15.3. The Labute approximate surface area is 197 Å². The van der Waals surface area contributed by atoms with Crippen LogP contribution in [0.15, 0.2) is 0 Å². The fourth-order valence-corrected chi connectivity index (χ4v) is 9.72. The van der Waals surface area contributed by atoms with Gasteiger partial charge in [-0.1, -0.05) is 34.1 Å². The van der Waals surface area contributed by atoms with Crippen LogP contribution in [-0.4, -0.2) is 39.8 Å². The Balaban J connectivity index is 1.55. The second-order valence-electron chi connectivity index (χ2n) is 12.7. The summed E-state index contributed by atoms with van der Waals surface area (Å²) in [7, 11) is 0. The van der Waals surface area contributed by atoms with E-state index >= 15 is 0 Å². The number of hydrogen-bond donors (Lipinski definition) is 3. The van der Waals surface area contributed by atoms with Crippen molar-refractivity contribution in [2.45, 2.75) is 116 Å². The highest BCUT2D eigenvalue weighted by molar-refractivity contribution is 5.13.